The second-order valence-corrected chi connectivity index (χ2v) is 8.16. The first-order valence-electron chi connectivity index (χ1n) is 7.79. The fraction of sp³-hybridized carbons (Fsp3) is 0.235. The highest BCUT2D eigenvalue weighted by molar-refractivity contribution is 7.90. The van der Waals surface area contributed by atoms with E-state index in [1.165, 1.54) is 25.1 Å². The number of ketones is 1. The van der Waals surface area contributed by atoms with Gasteiger partial charge in [-0.05, 0) is 49.9 Å². The number of aromatic amines is 1. The van der Waals surface area contributed by atoms with Crippen LogP contribution in [0, 0.1) is 0 Å². The van der Waals surface area contributed by atoms with Gasteiger partial charge in [-0.3, -0.25) is 14.4 Å². The van der Waals surface area contributed by atoms with Gasteiger partial charge in [-0.2, -0.15) is 0 Å². The lowest BCUT2D eigenvalue weighted by molar-refractivity contribution is 0.0979. The molecule has 1 aromatic carbocycles. The second kappa shape index (κ2) is 6.69. The third kappa shape index (κ3) is 3.86. The van der Waals surface area contributed by atoms with Crippen LogP contribution in [-0.4, -0.2) is 25.1 Å². The third-order valence-electron chi connectivity index (χ3n) is 4.00. The Hall–Kier alpha value is -2.45. The largest absolute Gasteiger partial charge is 0.326 e. The zero-order chi connectivity index (χ0) is 19.1. The molecule has 0 unspecified atom stereocenters. The summed E-state index contributed by atoms with van der Waals surface area (Å²) in [5.41, 5.74) is 0.220. The summed E-state index contributed by atoms with van der Waals surface area (Å²) < 4.78 is 26.9. The summed E-state index contributed by atoms with van der Waals surface area (Å²) in [5.74, 6) is -1.09. The lowest BCUT2D eigenvalue weighted by atomic mass is 10.1. The number of H-pyrrole nitrogens is 1. The topological polar surface area (TPSA) is 113 Å². The molecule has 1 amide bonds. The molecule has 0 spiro atoms. The van der Waals surface area contributed by atoms with Crippen molar-refractivity contribution in [2.75, 3.05) is 0 Å². The van der Waals surface area contributed by atoms with Gasteiger partial charge in [0.25, 0.3) is 15.9 Å². The molecular weight excluding hydrogens is 380 g/mol. The minimum absolute atomic E-state index is 0.0573. The molecule has 0 radical (unpaired) electrons. The molecule has 9 heteroatoms. The summed E-state index contributed by atoms with van der Waals surface area (Å²) in [6.45, 7) is 1.29. The van der Waals surface area contributed by atoms with Gasteiger partial charge in [-0.15, -0.1) is 0 Å². The molecule has 1 aliphatic carbocycles. The van der Waals surface area contributed by atoms with Crippen molar-refractivity contribution in [3.8, 4) is 0 Å². The van der Waals surface area contributed by atoms with E-state index in [0.29, 0.717) is 5.69 Å². The first-order chi connectivity index (χ1) is 12.2. The Morgan fingerprint density at radius 2 is 1.85 bits per heavy atom. The van der Waals surface area contributed by atoms with Crippen LogP contribution in [-0.2, 0) is 10.0 Å². The number of halogens is 1. The van der Waals surface area contributed by atoms with E-state index >= 15 is 0 Å². The Morgan fingerprint density at radius 1 is 1.15 bits per heavy atom. The van der Waals surface area contributed by atoms with Crippen LogP contribution in [0.2, 0.25) is 5.02 Å². The van der Waals surface area contributed by atoms with E-state index in [2.05, 4.69) is 4.98 Å². The highest BCUT2D eigenvalue weighted by Gasteiger charge is 2.27. The third-order valence-corrected chi connectivity index (χ3v) is 5.81. The molecule has 0 atom stereocenters. The van der Waals surface area contributed by atoms with Gasteiger partial charge in [0.05, 0.1) is 5.02 Å². The van der Waals surface area contributed by atoms with Gasteiger partial charge < -0.3 is 4.98 Å². The predicted molar refractivity (Wildman–Crippen MR) is 95.1 cm³/mol. The first-order valence-corrected chi connectivity index (χ1v) is 9.65. The highest BCUT2D eigenvalue weighted by atomic mass is 35.5. The van der Waals surface area contributed by atoms with Gasteiger partial charge in [0.1, 0.15) is 4.90 Å². The standard InChI is InChI=1S/C17H15ClN2O5S/c1-9(21)11-4-5-13(18)15(7-11)26(24,25)20-17(23)12-6-14(10-2-3-10)19-16(22)8-12/h4-8,10H,2-3H2,1H3,(H,19,22)(H,20,23). The fourth-order valence-corrected chi connectivity index (χ4v) is 3.98. The van der Waals surface area contributed by atoms with Crippen LogP contribution in [0.15, 0.2) is 40.0 Å². The zero-order valence-electron chi connectivity index (χ0n) is 13.7. The van der Waals surface area contributed by atoms with E-state index in [1.807, 2.05) is 4.72 Å². The average Bonchev–Trinajstić information content (AvgIpc) is 3.38. The predicted octanol–water partition coefficient (Wildman–Crippen LogP) is 2.23. The van der Waals surface area contributed by atoms with Crippen LogP contribution in [0.3, 0.4) is 0 Å². The molecule has 1 fully saturated rings. The second-order valence-electron chi connectivity index (χ2n) is 6.10. The van der Waals surface area contributed by atoms with Crippen molar-refractivity contribution in [1.82, 2.24) is 9.71 Å². The minimum atomic E-state index is -4.32. The normalized spacial score (nSPS) is 14.1. The smallest absolute Gasteiger partial charge is 0.265 e. The molecule has 26 heavy (non-hydrogen) atoms. The van der Waals surface area contributed by atoms with E-state index in [1.54, 1.807) is 0 Å². The molecule has 0 saturated heterocycles. The van der Waals surface area contributed by atoms with E-state index in [9.17, 15) is 22.8 Å². The first kappa shape index (κ1) is 18.3. The van der Waals surface area contributed by atoms with Crippen molar-refractivity contribution in [1.29, 1.82) is 0 Å². The maximum atomic E-state index is 12.5. The summed E-state index contributed by atoms with van der Waals surface area (Å²) in [6, 6.07) is 6.27. The van der Waals surface area contributed by atoms with Crippen molar-refractivity contribution in [2.24, 2.45) is 0 Å². The van der Waals surface area contributed by atoms with Crippen LogP contribution < -0.4 is 10.3 Å². The van der Waals surface area contributed by atoms with E-state index < -0.39 is 21.5 Å². The molecule has 1 aliphatic rings. The van der Waals surface area contributed by atoms with Crippen molar-refractivity contribution < 1.29 is 18.0 Å². The maximum absolute atomic E-state index is 12.5. The molecule has 3 rings (SSSR count). The zero-order valence-corrected chi connectivity index (χ0v) is 15.3. The minimum Gasteiger partial charge on any atom is -0.326 e. The van der Waals surface area contributed by atoms with Gasteiger partial charge in [-0.1, -0.05) is 11.6 Å². The number of sulfonamides is 1. The monoisotopic (exact) mass is 394 g/mol. The molecule has 1 heterocycles. The van der Waals surface area contributed by atoms with Crippen molar-refractivity contribution >= 4 is 33.3 Å². The number of amides is 1. The molecular formula is C17H15ClN2O5S. The summed E-state index contributed by atoms with van der Waals surface area (Å²) in [6.07, 6.45) is 1.82. The molecule has 0 aliphatic heterocycles. The molecule has 1 saturated carbocycles. The lowest BCUT2D eigenvalue weighted by Crippen LogP contribution is -2.32. The maximum Gasteiger partial charge on any atom is 0.265 e. The summed E-state index contributed by atoms with van der Waals surface area (Å²) >= 11 is 5.92. The highest BCUT2D eigenvalue weighted by Crippen LogP contribution is 2.38. The number of rotatable bonds is 5. The lowest BCUT2D eigenvalue weighted by Gasteiger charge is -2.10. The Morgan fingerprint density at radius 3 is 2.46 bits per heavy atom. The number of Topliss-reactive ketones (excluding diaryl/α,β-unsaturated/α-hetero) is 1. The number of pyridine rings is 1. The Kier molecular flexibility index (Phi) is 4.72. The van der Waals surface area contributed by atoms with Crippen LogP contribution in [0.5, 0.6) is 0 Å². The van der Waals surface area contributed by atoms with Crippen LogP contribution in [0.4, 0.5) is 0 Å². The Labute approximate surface area is 154 Å². The number of carbonyl (C=O) groups excluding carboxylic acids is 2. The van der Waals surface area contributed by atoms with Crippen LogP contribution >= 0.6 is 11.6 Å². The number of benzene rings is 1. The van der Waals surface area contributed by atoms with Crippen molar-refractivity contribution in [3.05, 3.63) is 62.5 Å². The number of aromatic nitrogens is 1. The van der Waals surface area contributed by atoms with E-state index in [-0.39, 0.29) is 32.7 Å². The molecule has 1 aromatic heterocycles. The van der Waals surface area contributed by atoms with Gasteiger partial charge in [-0.25, -0.2) is 13.1 Å². The molecule has 7 nitrogen and oxygen atoms in total. The van der Waals surface area contributed by atoms with Crippen molar-refractivity contribution in [2.45, 2.75) is 30.6 Å². The fourth-order valence-electron chi connectivity index (χ4n) is 2.47. The molecule has 2 N–H and O–H groups in total. The summed E-state index contributed by atoms with van der Waals surface area (Å²) in [4.78, 5) is 37.8. The number of carbonyl (C=O) groups is 2. The quantitative estimate of drug-likeness (QED) is 0.755. The van der Waals surface area contributed by atoms with E-state index in [4.69, 9.17) is 11.6 Å². The van der Waals surface area contributed by atoms with Crippen LogP contribution in [0.25, 0.3) is 0 Å². The average molecular weight is 395 g/mol. The van der Waals surface area contributed by atoms with Gasteiger partial charge >= 0.3 is 0 Å². The Balaban J connectivity index is 1.93. The van der Waals surface area contributed by atoms with E-state index in [0.717, 1.165) is 25.0 Å². The van der Waals surface area contributed by atoms with Gasteiger partial charge in [0, 0.05) is 22.9 Å². The summed E-state index contributed by atoms with van der Waals surface area (Å²) in [7, 11) is -4.32. The molecule has 0 bridgehead atoms. The SMILES string of the molecule is CC(=O)c1ccc(Cl)c(S(=O)(=O)NC(=O)c2cc(C3CC3)[nH]c(=O)c2)c1. The summed E-state index contributed by atoms with van der Waals surface area (Å²) in [5, 5.41) is -0.125. The Bertz CT molecular complexity index is 1070. The molecule has 136 valence electrons. The molecule has 2 aromatic rings. The number of hydrogen-bond donors (Lipinski definition) is 2. The van der Waals surface area contributed by atoms with Crippen LogP contribution in [0.1, 0.15) is 52.1 Å². The van der Waals surface area contributed by atoms with Gasteiger partial charge in [0.2, 0.25) is 5.56 Å². The number of hydrogen-bond acceptors (Lipinski definition) is 5. The number of nitrogens with one attached hydrogen (secondary N) is 2. The van der Waals surface area contributed by atoms with Gasteiger partial charge in [0.15, 0.2) is 5.78 Å². The van der Waals surface area contributed by atoms with Crippen molar-refractivity contribution in [3.63, 3.8) is 0 Å².